The summed E-state index contributed by atoms with van der Waals surface area (Å²) >= 11 is 0. The van der Waals surface area contributed by atoms with E-state index in [2.05, 4.69) is 0 Å². The Morgan fingerprint density at radius 2 is 1.35 bits per heavy atom. The number of ether oxygens (including phenoxy) is 1. The molecule has 0 aromatic carbocycles. The van der Waals surface area contributed by atoms with Crippen LogP contribution in [-0.2, 0) is 4.74 Å². The molecule has 0 radical (unpaired) electrons. The Bertz CT molecular complexity index is 142. The molecule has 3 heteroatoms. The molecule has 0 saturated carbocycles. The molecular weight excluding hydrogens is 214 g/mol. The fraction of sp³-hybridized carbons (Fsp3) is 1.00. The Morgan fingerprint density at radius 3 is 1.82 bits per heavy atom. The van der Waals surface area contributed by atoms with Crippen LogP contribution in [-0.4, -0.2) is 24.5 Å². The Kier molecular flexibility index (Phi) is 13.8. The highest BCUT2D eigenvalue weighted by molar-refractivity contribution is 4.49. The van der Waals surface area contributed by atoms with Crippen molar-refractivity contribution in [3.05, 3.63) is 0 Å². The molecule has 0 amide bonds. The van der Waals surface area contributed by atoms with Gasteiger partial charge in [-0.05, 0) is 32.7 Å². The van der Waals surface area contributed by atoms with Crippen molar-refractivity contribution in [2.75, 3.05) is 13.2 Å². The minimum atomic E-state index is -0.545. The van der Waals surface area contributed by atoms with Gasteiger partial charge in [0.25, 0.3) is 0 Å². The highest BCUT2D eigenvalue weighted by Gasteiger charge is 2.01. The molecule has 17 heavy (non-hydrogen) atoms. The van der Waals surface area contributed by atoms with Crippen LogP contribution in [0.5, 0.6) is 0 Å². The molecule has 0 aliphatic rings. The largest absolute Gasteiger partial charge is 0.368 e. The van der Waals surface area contributed by atoms with Crippen molar-refractivity contribution >= 4 is 0 Å². The topological polar surface area (TPSA) is 55.5 Å². The number of hydrogen-bond donors (Lipinski definition) is 2. The lowest BCUT2D eigenvalue weighted by Crippen LogP contribution is -2.10. The number of hydrogen-bond acceptors (Lipinski definition) is 3. The molecule has 0 aromatic rings. The van der Waals surface area contributed by atoms with Crippen molar-refractivity contribution in [1.29, 1.82) is 0 Å². The van der Waals surface area contributed by atoms with Gasteiger partial charge >= 0.3 is 0 Å². The summed E-state index contributed by atoms with van der Waals surface area (Å²) in [7, 11) is 0. The number of nitrogens with two attached hydrogens (primary N) is 1. The fourth-order valence-electron chi connectivity index (χ4n) is 1.98. The monoisotopic (exact) mass is 245 g/mol. The Labute approximate surface area is 107 Å². The van der Waals surface area contributed by atoms with Crippen LogP contribution in [0.3, 0.4) is 0 Å². The molecule has 0 aliphatic heterocycles. The number of aliphatic hydroxyl groups excluding tert-OH is 1. The number of aliphatic hydroxyl groups is 1. The number of rotatable bonds is 13. The average Bonchev–Trinajstić information content (AvgIpc) is 2.32. The summed E-state index contributed by atoms with van der Waals surface area (Å²) in [6.45, 7) is 3.35. The maximum Gasteiger partial charge on any atom is 0.154 e. The van der Waals surface area contributed by atoms with Crippen molar-refractivity contribution in [2.24, 2.45) is 5.73 Å². The minimum Gasteiger partial charge on any atom is -0.368 e. The zero-order valence-corrected chi connectivity index (χ0v) is 11.5. The molecule has 1 unspecified atom stereocenters. The van der Waals surface area contributed by atoms with Gasteiger partial charge in [-0.15, -0.1) is 0 Å². The zero-order chi connectivity index (χ0) is 12.8. The second-order valence-corrected chi connectivity index (χ2v) is 4.67. The molecule has 0 aromatic heterocycles. The van der Waals surface area contributed by atoms with Crippen LogP contribution in [0.1, 0.15) is 71.1 Å². The van der Waals surface area contributed by atoms with Crippen LogP contribution in [0.2, 0.25) is 0 Å². The molecule has 104 valence electrons. The van der Waals surface area contributed by atoms with Crippen LogP contribution >= 0.6 is 0 Å². The van der Waals surface area contributed by atoms with E-state index in [-0.39, 0.29) is 0 Å². The third-order valence-electron chi connectivity index (χ3n) is 3.01. The van der Waals surface area contributed by atoms with Crippen LogP contribution < -0.4 is 5.73 Å². The lowest BCUT2D eigenvalue weighted by molar-refractivity contribution is -0.0994. The van der Waals surface area contributed by atoms with Crippen molar-refractivity contribution in [2.45, 2.75) is 77.4 Å². The van der Waals surface area contributed by atoms with E-state index in [1.54, 1.807) is 0 Å². The molecule has 1 atom stereocenters. The highest BCUT2D eigenvalue weighted by Crippen LogP contribution is 2.11. The van der Waals surface area contributed by atoms with E-state index in [4.69, 9.17) is 10.5 Å². The van der Waals surface area contributed by atoms with Crippen molar-refractivity contribution in [1.82, 2.24) is 0 Å². The van der Waals surface area contributed by atoms with Crippen LogP contribution in [0, 0.1) is 0 Å². The third-order valence-corrected chi connectivity index (χ3v) is 3.01. The van der Waals surface area contributed by atoms with E-state index >= 15 is 0 Å². The van der Waals surface area contributed by atoms with Crippen molar-refractivity contribution in [3.8, 4) is 0 Å². The standard InChI is InChI=1S/C14H31NO2/c1-2-17-14(16)12-10-8-6-4-3-5-7-9-11-13-15/h14,16H,2-13,15H2,1H3. The van der Waals surface area contributed by atoms with E-state index in [0.717, 1.165) is 19.4 Å². The average molecular weight is 245 g/mol. The third kappa shape index (κ3) is 13.8. The maximum absolute atomic E-state index is 9.34. The van der Waals surface area contributed by atoms with E-state index in [9.17, 15) is 5.11 Å². The molecule has 0 bridgehead atoms. The molecule has 0 rings (SSSR count). The predicted octanol–water partition coefficient (Wildman–Crippen LogP) is 3.20. The molecule has 0 spiro atoms. The minimum absolute atomic E-state index is 0.545. The fourth-order valence-corrected chi connectivity index (χ4v) is 1.98. The lowest BCUT2D eigenvalue weighted by atomic mass is 10.1. The lowest BCUT2D eigenvalue weighted by Gasteiger charge is -2.09. The second-order valence-electron chi connectivity index (χ2n) is 4.67. The van der Waals surface area contributed by atoms with E-state index in [1.807, 2.05) is 6.92 Å². The molecule has 0 fully saturated rings. The first-order chi connectivity index (χ1) is 8.31. The Balaban J connectivity index is 2.98. The SMILES string of the molecule is CCOC(O)CCCCCCCCCCCN. The van der Waals surface area contributed by atoms with Gasteiger partial charge in [0, 0.05) is 6.61 Å². The molecule has 0 heterocycles. The summed E-state index contributed by atoms with van der Waals surface area (Å²) < 4.78 is 5.07. The Hall–Kier alpha value is -0.120. The summed E-state index contributed by atoms with van der Waals surface area (Å²) in [5, 5.41) is 9.34. The first-order valence-electron chi connectivity index (χ1n) is 7.31. The first kappa shape index (κ1) is 16.9. The normalized spacial score (nSPS) is 12.9. The zero-order valence-electron chi connectivity index (χ0n) is 11.5. The smallest absolute Gasteiger partial charge is 0.154 e. The van der Waals surface area contributed by atoms with Crippen molar-refractivity contribution in [3.63, 3.8) is 0 Å². The summed E-state index contributed by atoms with van der Waals surface area (Å²) in [6, 6.07) is 0. The number of unbranched alkanes of at least 4 members (excludes halogenated alkanes) is 8. The molecule has 0 aliphatic carbocycles. The van der Waals surface area contributed by atoms with Crippen LogP contribution in [0.25, 0.3) is 0 Å². The molecule has 3 nitrogen and oxygen atoms in total. The van der Waals surface area contributed by atoms with E-state index in [0.29, 0.717) is 6.61 Å². The summed E-state index contributed by atoms with van der Waals surface area (Å²) in [6.07, 6.45) is 11.6. The van der Waals surface area contributed by atoms with Gasteiger partial charge in [-0.3, -0.25) is 0 Å². The highest BCUT2D eigenvalue weighted by atomic mass is 16.6. The maximum atomic E-state index is 9.34. The van der Waals surface area contributed by atoms with Gasteiger partial charge in [0.1, 0.15) is 0 Å². The van der Waals surface area contributed by atoms with Gasteiger partial charge < -0.3 is 15.6 Å². The summed E-state index contributed by atoms with van der Waals surface area (Å²) in [5.74, 6) is 0. The summed E-state index contributed by atoms with van der Waals surface area (Å²) in [5.41, 5.74) is 5.44. The molecular formula is C14H31NO2. The summed E-state index contributed by atoms with van der Waals surface area (Å²) in [4.78, 5) is 0. The van der Waals surface area contributed by atoms with Crippen LogP contribution in [0.15, 0.2) is 0 Å². The quantitative estimate of drug-likeness (QED) is 0.387. The first-order valence-corrected chi connectivity index (χ1v) is 7.31. The van der Waals surface area contributed by atoms with Gasteiger partial charge in [0.15, 0.2) is 6.29 Å². The van der Waals surface area contributed by atoms with Crippen LogP contribution in [0.4, 0.5) is 0 Å². The van der Waals surface area contributed by atoms with E-state index < -0.39 is 6.29 Å². The molecule has 3 N–H and O–H groups in total. The van der Waals surface area contributed by atoms with Gasteiger partial charge in [0.2, 0.25) is 0 Å². The molecule has 0 saturated heterocycles. The van der Waals surface area contributed by atoms with Gasteiger partial charge in [-0.25, -0.2) is 0 Å². The van der Waals surface area contributed by atoms with E-state index in [1.165, 1.54) is 51.4 Å². The predicted molar refractivity (Wildman–Crippen MR) is 72.9 cm³/mol. The van der Waals surface area contributed by atoms with Gasteiger partial charge in [0.05, 0.1) is 0 Å². The Morgan fingerprint density at radius 1 is 0.882 bits per heavy atom. The van der Waals surface area contributed by atoms with Crippen molar-refractivity contribution < 1.29 is 9.84 Å². The van der Waals surface area contributed by atoms with Gasteiger partial charge in [-0.2, -0.15) is 0 Å². The van der Waals surface area contributed by atoms with Gasteiger partial charge in [-0.1, -0.05) is 44.9 Å². The second kappa shape index (κ2) is 13.9.